The molecule has 52 heavy (non-hydrogen) atoms. The Balaban J connectivity index is 0.00000110. The summed E-state index contributed by atoms with van der Waals surface area (Å²) in [5.74, 6) is 2.43. The fourth-order valence-corrected chi connectivity index (χ4v) is 8.30. The smallest absolute Gasteiger partial charge is 0.417 e. The predicted octanol–water partition coefficient (Wildman–Crippen LogP) is 6.01. The lowest BCUT2D eigenvalue weighted by Gasteiger charge is -2.33. The summed E-state index contributed by atoms with van der Waals surface area (Å²) in [5.41, 5.74) is 6.99. The number of carbonyl (C=O) groups is 1. The number of fused-ring (bicyclic) bond motifs is 3. The van der Waals surface area contributed by atoms with E-state index in [1.165, 1.54) is 6.07 Å². The highest BCUT2D eigenvalue weighted by atomic mass is 79.9. The molecule has 0 bridgehead atoms. The molecule has 278 valence electrons. The molecule has 2 aromatic heterocycles. The normalized spacial score (nSPS) is 19.3. The summed E-state index contributed by atoms with van der Waals surface area (Å²) in [6.07, 6.45) is 2.95. The maximum absolute atomic E-state index is 14.4. The number of ether oxygens (including phenoxy) is 2. The van der Waals surface area contributed by atoms with Crippen molar-refractivity contribution in [2.45, 2.75) is 76.0 Å². The minimum absolute atomic E-state index is 0.0330. The van der Waals surface area contributed by atoms with Gasteiger partial charge >= 0.3 is 12.2 Å². The van der Waals surface area contributed by atoms with Gasteiger partial charge in [0.1, 0.15) is 12.4 Å². The first-order valence-electron chi connectivity index (χ1n) is 16.8. The molecule has 1 amide bonds. The molecule has 7 rings (SSSR count). The van der Waals surface area contributed by atoms with Crippen LogP contribution in [0, 0.1) is 12.3 Å². The maximum Gasteiger partial charge on any atom is 0.417 e. The van der Waals surface area contributed by atoms with Gasteiger partial charge in [0.2, 0.25) is 0 Å². The van der Waals surface area contributed by atoms with Gasteiger partial charge in [-0.3, -0.25) is 14.4 Å². The Bertz CT molecular complexity index is 1900. The van der Waals surface area contributed by atoms with Crippen molar-refractivity contribution in [3.8, 4) is 18.4 Å². The van der Waals surface area contributed by atoms with Crippen LogP contribution in [0.4, 0.5) is 33.5 Å². The number of amides is 1. The van der Waals surface area contributed by atoms with E-state index in [1.807, 2.05) is 4.68 Å². The van der Waals surface area contributed by atoms with Crippen molar-refractivity contribution in [3.63, 3.8) is 0 Å². The van der Waals surface area contributed by atoms with Crippen LogP contribution in [-0.2, 0) is 37.0 Å². The summed E-state index contributed by atoms with van der Waals surface area (Å²) in [5, 5.41) is 7.17. The Morgan fingerprint density at radius 3 is 2.56 bits per heavy atom. The number of nitrogen functional groups attached to an aromatic ring is 1. The SMILES string of the molecule is C#Cc1cc(N)cc(C2Cc3nc(OCC45CCCN4CCC5)nc(N4CCCn5nc(C(=O)NC)c(Br)c5C4)c3CO2)c1C(F)(F)F.C=C(F)F. The molecule has 1 atom stereocenters. The molecule has 0 radical (unpaired) electrons. The average molecular weight is 794 g/mol. The van der Waals surface area contributed by atoms with Gasteiger partial charge in [-0.05, 0) is 85.4 Å². The number of hydrogen-bond donors (Lipinski definition) is 2. The van der Waals surface area contributed by atoms with Crippen molar-refractivity contribution >= 4 is 33.3 Å². The number of benzene rings is 1. The largest absolute Gasteiger partial charge is 0.461 e. The standard InChI is InChI=1S/C33H36BrF3N8O3.C2H2F2/c1-3-19-13-20(38)14-21(26(19)33(35,36)37)25-15-23-22(17-47-25)29(41-31(40-23)48-18-32-7-4-10-44(32)11-5-8-32)43-9-6-12-45-24(16-43)27(34)28(42-45)30(46)39-2;1-2(3)4/h1,13-14,25H,4-12,15-18,38H2,2H3,(H,39,46);1H2. The molecule has 0 saturated carbocycles. The van der Waals surface area contributed by atoms with Gasteiger partial charge in [-0.15, -0.1) is 6.42 Å². The molecule has 11 nitrogen and oxygen atoms in total. The van der Waals surface area contributed by atoms with E-state index in [0.29, 0.717) is 59.9 Å². The predicted molar refractivity (Wildman–Crippen MR) is 186 cm³/mol. The van der Waals surface area contributed by atoms with E-state index in [2.05, 4.69) is 48.6 Å². The number of nitrogens with two attached hydrogens (primary N) is 1. The number of nitrogens with zero attached hydrogens (tertiary/aromatic N) is 6. The van der Waals surface area contributed by atoms with E-state index in [0.717, 1.165) is 50.5 Å². The van der Waals surface area contributed by atoms with Crippen LogP contribution in [0.15, 0.2) is 29.3 Å². The van der Waals surface area contributed by atoms with E-state index in [9.17, 15) is 26.7 Å². The third-order valence-corrected chi connectivity index (χ3v) is 10.8. The van der Waals surface area contributed by atoms with Crippen LogP contribution in [-0.4, -0.2) is 69.4 Å². The second-order valence-corrected chi connectivity index (χ2v) is 14.0. The Kier molecular flexibility index (Phi) is 10.8. The van der Waals surface area contributed by atoms with Crippen molar-refractivity contribution in [2.24, 2.45) is 0 Å². The first-order valence-corrected chi connectivity index (χ1v) is 17.6. The second-order valence-electron chi connectivity index (χ2n) is 13.2. The van der Waals surface area contributed by atoms with Gasteiger partial charge in [-0.25, -0.2) is 0 Å². The zero-order valence-electron chi connectivity index (χ0n) is 28.5. The fraction of sp³-hybridized carbons (Fsp3) is 0.486. The van der Waals surface area contributed by atoms with E-state index in [1.54, 1.807) is 7.05 Å². The number of alkyl halides is 3. The van der Waals surface area contributed by atoms with Crippen LogP contribution in [0.3, 0.4) is 0 Å². The summed E-state index contributed by atoms with van der Waals surface area (Å²) < 4.78 is 78.4. The van der Waals surface area contributed by atoms with E-state index >= 15 is 0 Å². The van der Waals surface area contributed by atoms with Gasteiger partial charge in [0, 0.05) is 43.4 Å². The molecule has 3 N–H and O–H groups in total. The minimum Gasteiger partial charge on any atom is -0.461 e. The summed E-state index contributed by atoms with van der Waals surface area (Å²) >= 11 is 3.59. The summed E-state index contributed by atoms with van der Waals surface area (Å²) in [4.78, 5) is 26.8. The molecular weight excluding hydrogens is 755 g/mol. The number of halogens is 6. The maximum atomic E-state index is 14.4. The van der Waals surface area contributed by atoms with E-state index in [-0.39, 0.29) is 47.3 Å². The van der Waals surface area contributed by atoms with Crippen LogP contribution < -0.4 is 20.7 Å². The number of aromatic nitrogens is 4. The van der Waals surface area contributed by atoms with Crippen LogP contribution >= 0.6 is 15.9 Å². The number of terminal acetylenes is 1. The van der Waals surface area contributed by atoms with Crippen molar-refractivity contribution in [3.05, 3.63) is 68.6 Å². The molecule has 4 aliphatic rings. The number of nitrogens with one attached hydrogen (secondary N) is 1. The molecule has 6 heterocycles. The minimum atomic E-state index is -4.72. The highest BCUT2D eigenvalue weighted by Crippen LogP contribution is 2.44. The summed E-state index contributed by atoms with van der Waals surface area (Å²) in [6, 6.07) is 2.61. The highest BCUT2D eigenvalue weighted by Gasteiger charge is 2.45. The number of anilines is 2. The molecular formula is C35H38BrF5N8O3. The third-order valence-electron chi connectivity index (χ3n) is 9.99. The van der Waals surface area contributed by atoms with Crippen molar-refractivity contribution in [1.82, 2.24) is 30.0 Å². The topological polar surface area (TPSA) is 124 Å². The van der Waals surface area contributed by atoms with Gasteiger partial charge in [0.25, 0.3) is 12.0 Å². The molecule has 2 saturated heterocycles. The number of rotatable bonds is 6. The monoisotopic (exact) mass is 792 g/mol. The number of hydrogen-bond acceptors (Lipinski definition) is 9. The van der Waals surface area contributed by atoms with Crippen molar-refractivity contribution < 1.29 is 36.2 Å². The summed E-state index contributed by atoms with van der Waals surface area (Å²) in [7, 11) is 1.55. The lowest BCUT2D eigenvalue weighted by Crippen LogP contribution is -2.43. The molecule has 17 heteroatoms. The highest BCUT2D eigenvalue weighted by molar-refractivity contribution is 9.10. The first kappa shape index (κ1) is 37.5. The zero-order valence-corrected chi connectivity index (χ0v) is 30.0. The van der Waals surface area contributed by atoms with Crippen molar-refractivity contribution in [1.29, 1.82) is 0 Å². The summed E-state index contributed by atoms with van der Waals surface area (Å²) in [6.45, 7) is 6.25. The average Bonchev–Trinajstić information content (AvgIpc) is 3.72. The molecule has 3 aromatic rings. The number of aryl methyl sites for hydroxylation is 1. The Morgan fingerprint density at radius 1 is 1.19 bits per heavy atom. The van der Waals surface area contributed by atoms with Gasteiger partial charge in [-0.1, -0.05) is 5.92 Å². The van der Waals surface area contributed by atoms with Crippen molar-refractivity contribution in [2.75, 3.05) is 43.9 Å². The van der Waals surface area contributed by atoms with Gasteiger partial charge in [-0.2, -0.15) is 37.0 Å². The van der Waals surface area contributed by atoms with Crippen LogP contribution in [0.5, 0.6) is 6.01 Å². The fourth-order valence-electron chi connectivity index (χ4n) is 7.71. The molecule has 2 fully saturated rings. The Labute approximate surface area is 305 Å². The zero-order chi connectivity index (χ0) is 37.4. The lowest BCUT2D eigenvalue weighted by molar-refractivity contribution is -0.140. The van der Waals surface area contributed by atoms with Gasteiger partial charge in [0.15, 0.2) is 5.69 Å². The molecule has 4 aliphatic heterocycles. The third kappa shape index (κ3) is 7.46. The van der Waals surface area contributed by atoms with Gasteiger partial charge < -0.3 is 25.4 Å². The van der Waals surface area contributed by atoms with E-state index < -0.39 is 23.9 Å². The molecule has 1 aromatic carbocycles. The van der Waals surface area contributed by atoms with Crippen LogP contribution in [0.2, 0.25) is 0 Å². The van der Waals surface area contributed by atoms with Crippen LogP contribution in [0.1, 0.15) is 82.3 Å². The van der Waals surface area contributed by atoms with E-state index in [4.69, 9.17) is 31.6 Å². The Morgan fingerprint density at radius 2 is 1.90 bits per heavy atom. The molecule has 1 unspecified atom stereocenters. The molecule has 0 aliphatic carbocycles. The Hall–Kier alpha value is -4.27. The lowest BCUT2D eigenvalue weighted by atomic mass is 9.91. The molecule has 0 spiro atoms. The quantitative estimate of drug-likeness (QED) is 0.176. The number of carbonyl (C=O) groups excluding carboxylic acids is 1. The first-order chi connectivity index (χ1) is 24.7. The van der Waals surface area contributed by atoms with Crippen LogP contribution in [0.25, 0.3) is 0 Å². The second kappa shape index (κ2) is 15.0. The van der Waals surface area contributed by atoms with Gasteiger partial charge in [0.05, 0.1) is 46.2 Å².